The second-order valence-electron chi connectivity index (χ2n) is 4.91. The third kappa shape index (κ3) is 6.06. The average molecular weight is 258 g/mol. The van der Waals surface area contributed by atoms with Crippen molar-refractivity contribution in [3.63, 3.8) is 0 Å². The molecule has 1 atom stereocenters. The summed E-state index contributed by atoms with van der Waals surface area (Å²) in [4.78, 5) is 2.25. The van der Waals surface area contributed by atoms with Crippen molar-refractivity contribution in [1.82, 2.24) is 10.2 Å². The van der Waals surface area contributed by atoms with Gasteiger partial charge in [-0.15, -0.1) is 6.42 Å². The SMILES string of the molecule is C#CCN1CCC(NC(C)CS(C)(=O)=O)CC1. The van der Waals surface area contributed by atoms with Crippen LogP contribution in [0.25, 0.3) is 0 Å². The summed E-state index contributed by atoms with van der Waals surface area (Å²) in [6, 6.07) is 0.440. The van der Waals surface area contributed by atoms with E-state index in [1.165, 1.54) is 6.26 Å². The van der Waals surface area contributed by atoms with Gasteiger partial charge in [-0.25, -0.2) is 8.42 Å². The lowest BCUT2D eigenvalue weighted by Gasteiger charge is -2.32. The van der Waals surface area contributed by atoms with E-state index < -0.39 is 9.84 Å². The maximum atomic E-state index is 11.2. The minimum atomic E-state index is -2.89. The molecule has 0 aliphatic carbocycles. The highest BCUT2D eigenvalue weighted by Gasteiger charge is 2.20. The van der Waals surface area contributed by atoms with Gasteiger partial charge in [0.15, 0.2) is 0 Å². The van der Waals surface area contributed by atoms with E-state index >= 15 is 0 Å². The molecule has 1 aliphatic rings. The highest BCUT2D eigenvalue weighted by molar-refractivity contribution is 7.90. The van der Waals surface area contributed by atoms with Crippen LogP contribution in [-0.4, -0.2) is 57.0 Å². The zero-order valence-corrected chi connectivity index (χ0v) is 11.5. The second kappa shape index (κ2) is 6.39. The largest absolute Gasteiger partial charge is 0.310 e. The fourth-order valence-corrected chi connectivity index (χ4v) is 3.30. The molecule has 1 fully saturated rings. The minimum absolute atomic E-state index is 0.0224. The van der Waals surface area contributed by atoms with E-state index in [1.54, 1.807) is 0 Å². The van der Waals surface area contributed by atoms with E-state index in [2.05, 4.69) is 16.1 Å². The maximum Gasteiger partial charge on any atom is 0.148 e. The highest BCUT2D eigenvalue weighted by Crippen LogP contribution is 2.10. The minimum Gasteiger partial charge on any atom is -0.310 e. The predicted molar refractivity (Wildman–Crippen MR) is 70.6 cm³/mol. The van der Waals surface area contributed by atoms with Gasteiger partial charge in [0.25, 0.3) is 0 Å². The molecule has 0 aromatic rings. The molecule has 5 heteroatoms. The Bertz CT molecular complexity index is 364. The van der Waals surface area contributed by atoms with E-state index in [-0.39, 0.29) is 11.8 Å². The second-order valence-corrected chi connectivity index (χ2v) is 7.10. The van der Waals surface area contributed by atoms with Gasteiger partial charge in [-0.3, -0.25) is 4.90 Å². The van der Waals surface area contributed by atoms with Gasteiger partial charge in [0.1, 0.15) is 9.84 Å². The molecule has 98 valence electrons. The Kier molecular flexibility index (Phi) is 5.44. The molecule has 1 aliphatic heterocycles. The standard InChI is InChI=1S/C12H22N2O2S/c1-4-7-14-8-5-12(6-9-14)13-11(2)10-17(3,15)16/h1,11-13H,5-10H2,2-3H3. The first-order valence-electron chi connectivity index (χ1n) is 6.00. The van der Waals surface area contributed by atoms with Crippen LogP contribution in [0.15, 0.2) is 0 Å². The summed E-state index contributed by atoms with van der Waals surface area (Å²) in [6.07, 6.45) is 8.62. The third-order valence-corrected chi connectivity index (χ3v) is 4.08. The molecule has 1 heterocycles. The van der Waals surface area contributed by atoms with Crippen LogP contribution in [0.3, 0.4) is 0 Å². The van der Waals surface area contributed by atoms with Crippen LogP contribution < -0.4 is 5.32 Å². The molecule has 1 unspecified atom stereocenters. The first-order chi connectivity index (χ1) is 7.90. The molecule has 0 saturated carbocycles. The van der Waals surface area contributed by atoms with E-state index in [0.29, 0.717) is 12.6 Å². The zero-order chi connectivity index (χ0) is 12.9. The van der Waals surface area contributed by atoms with Gasteiger partial charge in [0.2, 0.25) is 0 Å². The van der Waals surface area contributed by atoms with Crippen LogP contribution in [0.2, 0.25) is 0 Å². The molecular formula is C12H22N2O2S. The van der Waals surface area contributed by atoms with Crippen molar-refractivity contribution in [1.29, 1.82) is 0 Å². The molecule has 17 heavy (non-hydrogen) atoms. The topological polar surface area (TPSA) is 49.4 Å². The van der Waals surface area contributed by atoms with Gasteiger partial charge in [0.05, 0.1) is 12.3 Å². The lowest BCUT2D eigenvalue weighted by molar-refractivity contribution is 0.213. The Morgan fingerprint density at radius 1 is 1.47 bits per heavy atom. The highest BCUT2D eigenvalue weighted by atomic mass is 32.2. The van der Waals surface area contributed by atoms with Crippen LogP contribution in [0.1, 0.15) is 19.8 Å². The van der Waals surface area contributed by atoms with Crippen molar-refractivity contribution in [2.75, 3.05) is 31.6 Å². The van der Waals surface area contributed by atoms with E-state index in [9.17, 15) is 8.42 Å². The predicted octanol–water partition coefficient (Wildman–Crippen LogP) is 0.107. The van der Waals surface area contributed by atoms with Gasteiger partial charge in [-0.2, -0.15) is 0 Å². The number of rotatable bonds is 5. The van der Waals surface area contributed by atoms with Crippen molar-refractivity contribution in [3.05, 3.63) is 0 Å². The van der Waals surface area contributed by atoms with Crippen molar-refractivity contribution in [2.24, 2.45) is 0 Å². The molecule has 0 aromatic heterocycles. The number of nitrogens with zero attached hydrogens (tertiary/aromatic N) is 1. The Morgan fingerprint density at radius 3 is 2.53 bits per heavy atom. The van der Waals surface area contributed by atoms with Crippen LogP contribution in [0.4, 0.5) is 0 Å². The van der Waals surface area contributed by atoms with E-state index in [1.807, 2.05) is 6.92 Å². The fourth-order valence-electron chi connectivity index (χ4n) is 2.29. The number of hydrogen-bond acceptors (Lipinski definition) is 4. The van der Waals surface area contributed by atoms with Gasteiger partial charge in [-0.05, 0) is 19.8 Å². The normalized spacial score (nSPS) is 21.0. The summed E-state index contributed by atoms with van der Waals surface area (Å²) in [5.41, 5.74) is 0. The fraction of sp³-hybridized carbons (Fsp3) is 0.833. The summed E-state index contributed by atoms with van der Waals surface area (Å²) in [5.74, 6) is 2.86. The smallest absolute Gasteiger partial charge is 0.148 e. The summed E-state index contributed by atoms with van der Waals surface area (Å²) in [5, 5.41) is 3.38. The molecular weight excluding hydrogens is 236 g/mol. The van der Waals surface area contributed by atoms with E-state index in [4.69, 9.17) is 6.42 Å². The monoisotopic (exact) mass is 258 g/mol. The molecule has 4 nitrogen and oxygen atoms in total. The average Bonchev–Trinajstić information content (AvgIpc) is 2.18. The summed E-state index contributed by atoms with van der Waals surface area (Å²) in [7, 11) is -2.89. The number of hydrogen-bond donors (Lipinski definition) is 1. The van der Waals surface area contributed by atoms with Crippen molar-refractivity contribution < 1.29 is 8.42 Å². The molecule has 1 N–H and O–H groups in total. The number of likely N-dealkylation sites (tertiary alicyclic amines) is 1. The summed E-state index contributed by atoms with van der Waals surface area (Å²) < 4.78 is 22.3. The van der Waals surface area contributed by atoms with Gasteiger partial charge in [-0.1, -0.05) is 5.92 Å². The van der Waals surface area contributed by atoms with Crippen LogP contribution in [0, 0.1) is 12.3 Å². The van der Waals surface area contributed by atoms with Crippen molar-refractivity contribution in [3.8, 4) is 12.3 Å². The van der Waals surface area contributed by atoms with Crippen molar-refractivity contribution in [2.45, 2.75) is 31.8 Å². The Labute approximate surface area is 105 Å². The molecule has 0 radical (unpaired) electrons. The molecule has 0 bridgehead atoms. The van der Waals surface area contributed by atoms with Crippen LogP contribution in [0.5, 0.6) is 0 Å². The van der Waals surface area contributed by atoms with Crippen LogP contribution >= 0.6 is 0 Å². The Morgan fingerprint density at radius 2 is 2.06 bits per heavy atom. The molecule has 1 rings (SSSR count). The Hall–Kier alpha value is -0.570. The van der Waals surface area contributed by atoms with E-state index in [0.717, 1.165) is 25.9 Å². The number of terminal acetylenes is 1. The van der Waals surface area contributed by atoms with Gasteiger partial charge < -0.3 is 5.32 Å². The van der Waals surface area contributed by atoms with Gasteiger partial charge >= 0.3 is 0 Å². The van der Waals surface area contributed by atoms with Gasteiger partial charge in [0, 0.05) is 31.4 Å². The molecule has 1 saturated heterocycles. The zero-order valence-electron chi connectivity index (χ0n) is 10.6. The molecule has 0 amide bonds. The summed E-state index contributed by atoms with van der Waals surface area (Å²) in [6.45, 7) is 4.63. The number of sulfone groups is 1. The maximum absolute atomic E-state index is 11.2. The quantitative estimate of drug-likeness (QED) is 0.711. The molecule has 0 aromatic carbocycles. The number of nitrogens with one attached hydrogen (secondary N) is 1. The third-order valence-electron chi connectivity index (χ3n) is 2.98. The lowest BCUT2D eigenvalue weighted by atomic mass is 10.0. The summed E-state index contributed by atoms with van der Waals surface area (Å²) >= 11 is 0. The van der Waals surface area contributed by atoms with Crippen LogP contribution in [-0.2, 0) is 9.84 Å². The van der Waals surface area contributed by atoms with Crippen molar-refractivity contribution >= 4 is 9.84 Å². The first kappa shape index (κ1) is 14.5. The first-order valence-corrected chi connectivity index (χ1v) is 8.06. The Balaban J connectivity index is 2.29. The number of piperidine rings is 1. The molecule has 0 spiro atoms. The lowest BCUT2D eigenvalue weighted by Crippen LogP contribution is -2.47.